The van der Waals surface area contributed by atoms with Crippen LogP contribution in [0.1, 0.15) is 41.6 Å². The lowest BCUT2D eigenvalue weighted by atomic mass is 9.89. The third-order valence-corrected chi connectivity index (χ3v) is 8.65. The van der Waals surface area contributed by atoms with Crippen LogP contribution in [-0.4, -0.2) is 45.4 Å². The van der Waals surface area contributed by atoms with Gasteiger partial charge < -0.3 is 14.4 Å². The lowest BCUT2D eigenvalue weighted by Crippen LogP contribution is -2.49. The van der Waals surface area contributed by atoms with Crippen molar-refractivity contribution in [2.24, 2.45) is 0 Å². The third-order valence-electron chi connectivity index (χ3n) is 6.76. The maximum Gasteiger partial charge on any atom is 0.330 e. The summed E-state index contributed by atoms with van der Waals surface area (Å²) < 4.78 is 23.0. The average molecular weight is 546 g/mol. The van der Waals surface area contributed by atoms with E-state index in [-0.39, 0.29) is 25.5 Å². The molecule has 1 aliphatic rings. The van der Waals surface area contributed by atoms with Crippen molar-refractivity contribution >= 4 is 34.7 Å². The van der Waals surface area contributed by atoms with Crippen LogP contribution in [-0.2, 0) is 41.2 Å². The highest BCUT2D eigenvalue weighted by atomic mass is 32.2. The lowest BCUT2D eigenvalue weighted by Gasteiger charge is -2.36. The van der Waals surface area contributed by atoms with Crippen LogP contribution in [0.15, 0.2) is 89.8 Å². The molecule has 3 atom stereocenters. The molecule has 7 nitrogen and oxygen atoms in total. The van der Waals surface area contributed by atoms with E-state index in [0.717, 1.165) is 11.1 Å². The second kappa shape index (κ2) is 12.2. The molecule has 4 rings (SSSR count). The maximum absolute atomic E-state index is 14.4. The molecule has 1 unspecified atom stereocenters. The molecule has 8 heteroatoms. The number of benzene rings is 3. The molecule has 0 radical (unpaired) electrons. The zero-order chi connectivity index (χ0) is 28.0. The Balaban J connectivity index is 1.93. The monoisotopic (exact) mass is 545 g/mol. The molecular formula is C31H31NO6S. The zero-order valence-electron chi connectivity index (χ0n) is 22.2. The highest BCUT2D eigenvalue weighted by Crippen LogP contribution is 2.49. The minimum Gasteiger partial charge on any atom is -0.468 e. The van der Waals surface area contributed by atoms with E-state index in [1.807, 2.05) is 49.4 Å². The molecule has 0 aliphatic carbocycles. The Kier molecular flexibility index (Phi) is 8.76. The predicted octanol–water partition coefficient (Wildman–Crippen LogP) is 4.76. The van der Waals surface area contributed by atoms with Gasteiger partial charge in [-0.3, -0.25) is 13.8 Å². The van der Waals surface area contributed by atoms with Gasteiger partial charge in [-0.25, -0.2) is 4.79 Å². The summed E-state index contributed by atoms with van der Waals surface area (Å²) in [5.74, 6) is -1.57. The van der Waals surface area contributed by atoms with Crippen molar-refractivity contribution < 1.29 is 28.1 Å². The number of methoxy groups -OCH3 is 1. The molecule has 1 aliphatic heterocycles. The van der Waals surface area contributed by atoms with E-state index >= 15 is 0 Å². The molecule has 1 amide bonds. The molecular weight excluding hydrogens is 514 g/mol. The van der Waals surface area contributed by atoms with Crippen LogP contribution in [0.4, 0.5) is 0 Å². The molecule has 0 spiro atoms. The molecule has 3 aromatic rings. The standard InChI is InChI=1S/C31H31NO6S/c1-4-38-28(34)19-16-24-12-8-9-13-26(24)29-31(30(35)37-3,39(36)25-17-14-22(2)15-18-25)20-27(33)32(29)21-23-10-6-5-7-11-23/h5-19,29H,4,20-21H2,1-3H3/b19-16+/t29-,31-,39?/m1/s1. The summed E-state index contributed by atoms with van der Waals surface area (Å²) in [5, 5.41) is 0. The van der Waals surface area contributed by atoms with Gasteiger partial charge in [-0.05, 0) is 48.7 Å². The van der Waals surface area contributed by atoms with E-state index in [1.54, 1.807) is 54.3 Å². The van der Waals surface area contributed by atoms with E-state index in [4.69, 9.17) is 9.47 Å². The summed E-state index contributed by atoms with van der Waals surface area (Å²) in [6.07, 6.45) is 2.60. The highest BCUT2D eigenvalue weighted by Gasteiger charge is 2.62. The Morgan fingerprint density at radius 3 is 2.36 bits per heavy atom. The summed E-state index contributed by atoms with van der Waals surface area (Å²) >= 11 is 0. The van der Waals surface area contributed by atoms with Crippen molar-refractivity contribution in [3.8, 4) is 0 Å². The number of carbonyl (C=O) groups excluding carboxylic acids is 3. The van der Waals surface area contributed by atoms with Crippen LogP contribution >= 0.6 is 0 Å². The SMILES string of the molecule is CCOC(=O)/C=C/c1ccccc1[C@H]1N(Cc2ccccc2)C(=O)C[C@@]1(C(=O)OC)S(=O)c1ccc(C)cc1. The maximum atomic E-state index is 14.4. The molecule has 0 bridgehead atoms. The Bertz CT molecular complexity index is 1400. The van der Waals surface area contributed by atoms with Crippen LogP contribution < -0.4 is 0 Å². The first-order valence-electron chi connectivity index (χ1n) is 12.7. The molecule has 1 heterocycles. The number of rotatable bonds is 9. The van der Waals surface area contributed by atoms with Crippen LogP contribution in [0.25, 0.3) is 6.08 Å². The fraction of sp³-hybridized carbons (Fsp3) is 0.258. The van der Waals surface area contributed by atoms with Crippen LogP contribution in [0, 0.1) is 6.92 Å². The Morgan fingerprint density at radius 2 is 1.69 bits per heavy atom. The van der Waals surface area contributed by atoms with Crippen molar-refractivity contribution in [1.29, 1.82) is 0 Å². The second-order valence-electron chi connectivity index (χ2n) is 9.26. The van der Waals surface area contributed by atoms with Crippen molar-refractivity contribution in [2.75, 3.05) is 13.7 Å². The second-order valence-corrected chi connectivity index (χ2v) is 11.0. The van der Waals surface area contributed by atoms with Gasteiger partial charge in [0.1, 0.15) is 0 Å². The van der Waals surface area contributed by atoms with Crippen LogP contribution in [0.2, 0.25) is 0 Å². The largest absolute Gasteiger partial charge is 0.468 e. The number of aryl methyl sites for hydroxylation is 1. The third kappa shape index (κ3) is 5.71. The fourth-order valence-corrected chi connectivity index (χ4v) is 6.68. The van der Waals surface area contributed by atoms with Gasteiger partial charge in [0.05, 0.1) is 37.0 Å². The molecule has 0 aromatic heterocycles. The number of amides is 1. The van der Waals surface area contributed by atoms with E-state index in [1.165, 1.54) is 13.2 Å². The first kappa shape index (κ1) is 28.0. The number of hydrogen-bond donors (Lipinski definition) is 0. The number of esters is 2. The summed E-state index contributed by atoms with van der Waals surface area (Å²) in [6.45, 7) is 4.06. The predicted molar refractivity (Wildman–Crippen MR) is 149 cm³/mol. The first-order chi connectivity index (χ1) is 18.8. The lowest BCUT2D eigenvalue weighted by molar-refractivity contribution is -0.144. The number of ether oxygens (including phenoxy) is 2. The van der Waals surface area contributed by atoms with E-state index in [0.29, 0.717) is 16.0 Å². The average Bonchev–Trinajstić information content (AvgIpc) is 3.24. The van der Waals surface area contributed by atoms with Gasteiger partial charge in [0, 0.05) is 17.5 Å². The highest BCUT2D eigenvalue weighted by molar-refractivity contribution is 7.87. The summed E-state index contributed by atoms with van der Waals surface area (Å²) in [6, 6.07) is 22.7. The Morgan fingerprint density at radius 1 is 1.03 bits per heavy atom. The van der Waals surface area contributed by atoms with Gasteiger partial charge in [0.25, 0.3) is 0 Å². The number of hydrogen-bond acceptors (Lipinski definition) is 6. The number of likely N-dealkylation sites (tertiary alicyclic amines) is 1. The molecule has 39 heavy (non-hydrogen) atoms. The minimum absolute atomic E-state index is 0.199. The molecule has 1 fully saturated rings. The molecule has 3 aromatic carbocycles. The Labute approximate surface area is 230 Å². The van der Waals surface area contributed by atoms with Gasteiger partial charge in [-0.15, -0.1) is 0 Å². The van der Waals surface area contributed by atoms with Crippen molar-refractivity contribution in [3.63, 3.8) is 0 Å². The van der Waals surface area contributed by atoms with E-state index in [2.05, 4.69) is 0 Å². The molecule has 202 valence electrons. The van der Waals surface area contributed by atoms with Crippen molar-refractivity contribution in [1.82, 2.24) is 4.90 Å². The van der Waals surface area contributed by atoms with Crippen LogP contribution in [0.5, 0.6) is 0 Å². The minimum atomic E-state index is -1.96. The van der Waals surface area contributed by atoms with Crippen molar-refractivity contribution in [2.45, 2.75) is 42.5 Å². The zero-order valence-corrected chi connectivity index (χ0v) is 23.0. The number of nitrogens with zero attached hydrogens (tertiary/aromatic N) is 1. The van der Waals surface area contributed by atoms with Gasteiger partial charge in [0.15, 0.2) is 4.75 Å². The summed E-state index contributed by atoms with van der Waals surface area (Å²) in [7, 11) is -0.722. The fourth-order valence-electron chi connectivity index (χ4n) is 4.93. The van der Waals surface area contributed by atoms with E-state index in [9.17, 15) is 18.6 Å². The van der Waals surface area contributed by atoms with Gasteiger partial charge in [0.2, 0.25) is 5.91 Å². The Hall–Kier alpha value is -4.04. The van der Waals surface area contributed by atoms with E-state index < -0.39 is 33.5 Å². The van der Waals surface area contributed by atoms with Gasteiger partial charge >= 0.3 is 11.9 Å². The van der Waals surface area contributed by atoms with Gasteiger partial charge in [-0.2, -0.15) is 0 Å². The summed E-state index contributed by atoms with van der Waals surface area (Å²) in [4.78, 5) is 41.6. The molecule has 1 saturated heterocycles. The molecule has 0 N–H and O–H groups in total. The van der Waals surface area contributed by atoms with Gasteiger partial charge in [-0.1, -0.05) is 72.3 Å². The smallest absolute Gasteiger partial charge is 0.330 e. The van der Waals surface area contributed by atoms with Crippen molar-refractivity contribution in [3.05, 3.63) is 107 Å². The number of carbonyl (C=O) groups is 3. The van der Waals surface area contributed by atoms with Crippen LogP contribution in [0.3, 0.4) is 0 Å². The normalized spacial score (nSPS) is 19.7. The topological polar surface area (TPSA) is 90.0 Å². The quantitative estimate of drug-likeness (QED) is 0.284. The first-order valence-corrected chi connectivity index (χ1v) is 13.8. The summed E-state index contributed by atoms with van der Waals surface area (Å²) in [5.41, 5.74) is 3.00. The molecule has 0 saturated carbocycles.